The largest absolute Gasteiger partial charge is 0.310 e. The van der Waals surface area contributed by atoms with Crippen LogP contribution in [-0.2, 0) is 4.79 Å². The molecule has 0 bridgehead atoms. The Morgan fingerprint density at radius 2 is 1.77 bits per heavy atom. The van der Waals surface area contributed by atoms with Crippen molar-refractivity contribution in [1.29, 1.82) is 0 Å². The lowest BCUT2D eigenvalue weighted by Gasteiger charge is -2.39. The van der Waals surface area contributed by atoms with Gasteiger partial charge in [0.05, 0.1) is 6.54 Å². The van der Waals surface area contributed by atoms with Gasteiger partial charge in [-0.3, -0.25) is 14.5 Å². The van der Waals surface area contributed by atoms with Crippen LogP contribution in [0, 0.1) is 6.92 Å². The van der Waals surface area contributed by atoms with E-state index in [2.05, 4.69) is 11.8 Å². The summed E-state index contributed by atoms with van der Waals surface area (Å²) in [7, 11) is 0. The first-order valence-corrected chi connectivity index (χ1v) is 9.24. The summed E-state index contributed by atoms with van der Waals surface area (Å²) in [6.07, 6.45) is 1.29. The van der Waals surface area contributed by atoms with E-state index < -0.39 is 0 Å². The van der Waals surface area contributed by atoms with Crippen LogP contribution >= 0.6 is 0 Å². The topological polar surface area (TPSA) is 40.6 Å². The molecule has 1 aliphatic rings. The van der Waals surface area contributed by atoms with Gasteiger partial charge >= 0.3 is 0 Å². The molecule has 0 radical (unpaired) electrons. The first kappa shape index (κ1) is 18.3. The third-order valence-electron chi connectivity index (χ3n) is 5.00. The summed E-state index contributed by atoms with van der Waals surface area (Å²) in [6.45, 7) is 6.06. The predicted molar refractivity (Wildman–Crippen MR) is 105 cm³/mol. The Morgan fingerprint density at radius 1 is 1.08 bits per heavy atom. The highest BCUT2D eigenvalue weighted by Crippen LogP contribution is 2.21. The van der Waals surface area contributed by atoms with Crippen molar-refractivity contribution in [2.45, 2.75) is 32.7 Å². The number of nitrogens with zero attached hydrogens (tertiary/aromatic N) is 2. The molecule has 0 N–H and O–H groups in total. The molecule has 1 amide bonds. The van der Waals surface area contributed by atoms with Gasteiger partial charge in [0.25, 0.3) is 0 Å². The highest BCUT2D eigenvalue weighted by Gasteiger charge is 2.29. The van der Waals surface area contributed by atoms with E-state index in [0.717, 1.165) is 24.2 Å². The molecule has 136 valence electrons. The summed E-state index contributed by atoms with van der Waals surface area (Å²) in [5.41, 5.74) is 2.92. The molecule has 0 aromatic heterocycles. The normalized spacial score (nSPS) is 18.2. The van der Waals surface area contributed by atoms with E-state index >= 15 is 0 Å². The van der Waals surface area contributed by atoms with Crippen molar-refractivity contribution < 1.29 is 9.59 Å². The highest BCUT2D eigenvalue weighted by atomic mass is 16.2. The number of benzene rings is 2. The van der Waals surface area contributed by atoms with E-state index in [-0.39, 0.29) is 17.7 Å². The van der Waals surface area contributed by atoms with Gasteiger partial charge in [-0.05, 0) is 38.9 Å². The molecule has 1 aliphatic heterocycles. The third-order valence-corrected chi connectivity index (χ3v) is 5.00. The summed E-state index contributed by atoms with van der Waals surface area (Å²) < 4.78 is 0. The molecule has 26 heavy (non-hydrogen) atoms. The number of piperazine rings is 1. The summed E-state index contributed by atoms with van der Waals surface area (Å²) in [6, 6.07) is 17.8. The van der Waals surface area contributed by atoms with Crippen LogP contribution in [0.1, 0.15) is 35.7 Å². The van der Waals surface area contributed by atoms with Crippen molar-refractivity contribution in [3.8, 4) is 0 Å². The van der Waals surface area contributed by atoms with Crippen molar-refractivity contribution in [3.63, 3.8) is 0 Å². The minimum Gasteiger partial charge on any atom is -0.310 e. The Morgan fingerprint density at radius 3 is 2.46 bits per heavy atom. The van der Waals surface area contributed by atoms with Gasteiger partial charge in [-0.1, -0.05) is 48.0 Å². The minimum absolute atomic E-state index is 0.126. The van der Waals surface area contributed by atoms with Gasteiger partial charge in [0.15, 0.2) is 5.78 Å². The maximum absolute atomic E-state index is 12.6. The van der Waals surface area contributed by atoms with Crippen LogP contribution in [0.3, 0.4) is 0 Å². The number of rotatable bonds is 6. The molecule has 0 spiro atoms. The van der Waals surface area contributed by atoms with Crippen molar-refractivity contribution in [3.05, 3.63) is 65.7 Å². The number of carbonyl (C=O) groups excluding carboxylic acids is 2. The quantitative estimate of drug-likeness (QED) is 0.746. The van der Waals surface area contributed by atoms with Gasteiger partial charge in [-0.2, -0.15) is 0 Å². The molecule has 0 aliphatic carbocycles. The van der Waals surface area contributed by atoms with Gasteiger partial charge in [-0.15, -0.1) is 0 Å². The number of amides is 1. The molecule has 1 atom stereocenters. The average Bonchev–Trinajstić information content (AvgIpc) is 2.65. The van der Waals surface area contributed by atoms with Gasteiger partial charge < -0.3 is 4.90 Å². The second kappa shape index (κ2) is 8.28. The van der Waals surface area contributed by atoms with Crippen LogP contribution in [0.15, 0.2) is 54.6 Å². The Hall–Kier alpha value is -2.46. The average molecular weight is 350 g/mol. The maximum Gasteiger partial charge on any atom is 0.241 e. The predicted octanol–water partition coefficient (Wildman–Crippen LogP) is 3.70. The number of ketones is 1. The molecule has 4 heteroatoms. The van der Waals surface area contributed by atoms with Crippen molar-refractivity contribution in [2.24, 2.45) is 0 Å². The van der Waals surface area contributed by atoms with E-state index in [9.17, 15) is 9.59 Å². The summed E-state index contributed by atoms with van der Waals surface area (Å²) >= 11 is 0. The zero-order valence-electron chi connectivity index (χ0n) is 15.5. The minimum atomic E-state index is 0.126. The first-order valence-electron chi connectivity index (χ1n) is 9.24. The fraction of sp³-hybridized carbons (Fsp3) is 0.364. The van der Waals surface area contributed by atoms with Crippen LogP contribution in [-0.4, -0.2) is 42.3 Å². The molecule has 1 fully saturated rings. The Kier molecular flexibility index (Phi) is 5.84. The van der Waals surface area contributed by atoms with Gasteiger partial charge in [0.2, 0.25) is 5.91 Å². The Bertz CT molecular complexity index is 755. The van der Waals surface area contributed by atoms with Crippen molar-refractivity contribution >= 4 is 17.4 Å². The van der Waals surface area contributed by atoms with Crippen LogP contribution in [0.2, 0.25) is 0 Å². The number of aryl methyl sites for hydroxylation is 1. The van der Waals surface area contributed by atoms with Gasteiger partial charge in [-0.25, -0.2) is 0 Å². The van der Waals surface area contributed by atoms with E-state index in [1.165, 1.54) is 5.56 Å². The van der Waals surface area contributed by atoms with E-state index in [0.29, 0.717) is 19.5 Å². The number of hydrogen-bond donors (Lipinski definition) is 0. The molecule has 0 saturated carbocycles. The smallest absolute Gasteiger partial charge is 0.241 e. The number of hydrogen-bond acceptors (Lipinski definition) is 3. The summed E-state index contributed by atoms with van der Waals surface area (Å²) in [5.74, 6) is 0.296. The summed E-state index contributed by atoms with van der Waals surface area (Å²) in [4.78, 5) is 28.8. The van der Waals surface area contributed by atoms with Crippen LogP contribution < -0.4 is 4.90 Å². The lowest BCUT2D eigenvalue weighted by atomic mass is 10.1. The van der Waals surface area contributed by atoms with Crippen LogP contribution in [0.25, 0.3) is 0 Å². The fourth-order valence-electron chi connectivity index (χ4n) is 3.38. The lowest BCUT2D eigenvalue weighted by molar-refractivity contribution is -0.122. The molecular formula is C22H26N2O2. The zero-order chi connectivity index (χ0) is 18.5. The third kappa shape index (κ3) is 4.38. The molecule has 2 aromatic rings. The van der Waals surface area contributed by atoms with Gasteiger partial charge in [0.1, 0.15) is 0 Å². The van der Waals surface area contributed by atoms with Gasteiger partial charge in [0, 0.05) is 30.3 Å². The maximum atomic E-state index is 12.6. The molecule has 3 rings (SSSR count). The highest BCUT2D eigenvalue weighted by molar-refractivity contribution is 5.96. The van der Waals surface area contributed by atoms with Crippen LogP contribution in [0.4, 0.5) is 5.69 Å². The second-order valence-corrected chi connectivity index (χ2v) is 7.05. The Labute approximate surface area is 155 Å². The molecule has 1 heterocycles. The monoisotopic (exact) mass is 350 g/mol. The van der Waals surface area contributed by atoms with E-state index in [1.807, 2.05) is 66.4 Å². The molecule has 1 saturated heterocycles. The SMILES string of the molecule is Cc1ccc(N2C[C@H](C)N(CCCC(=O)c3ccccc3)CC2=O)cc1. The van der Waals surface area contributed by atoms with E-state index in [4.69, 9.17) is 0 Å². The van der Waals surface area contributed by atoms with Crippen molar-refractivity contribution in [1.82, 2.24) is 4.90 Å². The number of Topliss-reactive ketones (excluding diaryl/α,β-unsaturated/α-hetero) is 1. The molecule has 2 aromatic carbocycles. The second-order valence-electron chi connectivity index (χ2n) is 7.05. The Balaban J connectivity index is 1.52. The molecule has 0 unspecified atom stereocenters. The van der Waals surface area contributed by atoms with Crippen molar-refractivity contribution in [2.75, 3.05) is 24.5 Å². The standard InChI is InChI=1S/C22H26N2O2/c1-17-10-12-20(13-11-17)24-15-18(2)23(16-22(24)26)14-6-9-21(25)19-7-4-3-5-8-19/h3-5,7-8,10-13,18H,6,9,14-16H2,1-2H3/t18-/m0/s1. The lowest BCUT2D eigenvalue weighted by Crippen LogP contribution is -2.55. The molecular weight excluding hydrogens is 324 g/mol. The molecule has 4 nitrogen and oxygen atoms in total. The number of carbonyl (C=O) groups is 2. The fourth-order valence-corrected chi connectivity index (χ4v) is 3.38. The number of anilines is 1. The van der Waals surface area contributed by atoms with E-state index in [1.54, 1.807) is 0 Å². The summed E-state index contributed by atoms with van der Waals surface area (Å²) in [5, 5.41) is 0. The zero-order valence-corrected chi connectivity index (χ0v) is 15.5. The van der Waals surface area contributed by atoms with Crippen LogP contribution in [0.5, 0.6) is 0 Å². The first-order chi connectivity index (χ1) is 12.5.